The third kappa shape index (κ3) is 5.29. The minimum absolute atomic E-state index is 0.0306. The van der Waals surface area contributed by atoms with Gasteiger partial charge in [0.2, 0.25) is 0 Å². The van der Waals surface area contributed by atoms with Gasteiger partial charge in [0.1, 0.15) is 6.10 Å². The molecule has 4 heteroatoms. The molecule has 0 N–H and O–H groups in total. The van der Waals surface area contributed by atoms with Crippen LogP contribution in [0.4, 0.5) is 0 Å². The van der Waals surface area contributed by atoms with E-state index in [-0.39, 0.29) is 24.3 Å². The Morgan fingerprint density at radius 3 is 2.79 bits per heavy atom. The van der Waals surface area contributed by atoms with Gasteiger partial charge in [-0.3, -0.25) is 0 Å². The van der Waals surface area contributed by atoms with Crippen molar-refractivity contribution in [1.82, 2.24) is 0 Å². The molecular formula is C20H34O4. The van der Waals surface area contributed by atoms with E-state index in [0.717, 1.165) is 38.7 Å². The summed E-state index contributed by atoms with van der Waals surface area (Å²) >= 11 is 0. The Morgan fingerprint density at radius 1 is 1.17 bits per heavy atom. The van der Waals surface area contributed by atoms with Crippen LogP contribution >= 0.6 is 0 Å². The monoisotopic (exact) mass is 338 g/mol. The number of ether oxygens (including phenoxy) is 4. The molecule has 3 unspecified atom stereocenters. The fourth-order valence-electron chi connectivity index (χ4n) is 3.92. The molecule has 2 aliphatic heterocycles. The van der Waals surface area contributed by atoms with Crippen LogP contribution in [-0.4, -0.2) is 37.5 Å². The lowest BCUT2D eigenvalue weighted by atomic mass is 10.1. The molecule has 3 rings (SSSR count). The van der Waals surface area contributed by atoms with Crippen LogP contribution in [0.25, 0.3) is 0 Å². The van der Waals surface area contributed by atoms with Gasteiger partial charge in [-0.2, -0.15) is 0 Å². The van der Waals surface area contributed by atoms with E-state index < -0.39 is 0 Å². The third-order valence-corrected chi connectivity index (χ3v) is 5.34. The minimum atomic E-state index is -0.278. The summed E-state index contributed by atoms with van der Waals surface area (Å²) in [6.45, 7) is 3.75. The molecule has 2 heterocycles. The normalized spacial score (nSPS) is 31.2. The molecule has 4 nitrogen and oxygen atoms in total. The first kappa shape index (κ1) is 18.4. The van der Waals surface area contributed by atoms with Gasteiger partial charge in [0.15, 0.2) is 12.1 Å². The summed E-state index contributed by atoms with van der Waals surface area (Å²) in [5.41, 5.74) is 0. The van der Waals surface area contributed by atoms with Gasteiger partial charge in [-0.25, -0.2) is 0 Å². The summed E-state index contributed by atoms with van der Waals surface area (Å²) in [4.78, 5) is 0. The van der Waals surface area contributed by atoms with Gasteiger partial charge in [0.05, 0.1) is 12.7 Å². The summed E-state index contributed by atoms with van der Waals surface area (Å²) in [5, 5.41) is 0. The van der Waals surface area contributed by atoms with E-state index in [4.69, 9.17) is 18.9 Å². The molecule has 3 atom stereocenters. The molecule has 0 radical (unpaired) electrons. The largest absolute Gasteiger partial charge is 0.353 e. The highest BCUT2D eigenvalue weighted by atomic mass is 16.7. The van der Waals surface area contributed by atoms with Gasteiger partial charge in [-0.05, 0) is 38.5 Å². The quantitative estimate of drug-likeness (QED) is 0.474. The van der Waals surface area contributed by atoms with E-state index in [1.807, 2.05) is 0 Å². The third-order valence-electron chi connectivity index (χ3n) is 5.34. The van der Waals surface area contributed by atoms with Crippen LogP contribution in [0.1, 0.15) is 77.6 Å². The highest BCUT2D eigenvalue weighted by molar-refractivity contribution is 4.99. The van der Waals surface area contributed by atoms with Gasteiger partial charge in [-0.1, -0.05) is 38.3 Å². The SMILES string of the molecule is CCCCCC(C=CC1COC2(CCCC2)O1)OC1CCCCO1. The average molecular weight is 338 g/mol. The van der Waals surface area contributed by atoms with E-state index in [0.29, 0.717) is 6.61 Å². The minimum Gasteiger partial charge on any atom is -0.353 e. The average Bonchev–Trinajstić information content (AvgIpc) is 3.24. The van der Waals surface area contributed by atoms with Gasteiger partial charge in [0.25, 0.3) is 0 Å². The second kappa shape index (κ2) is 9.33. The molecule has 1 aliphatic carbocycles. The molecule has 0 bridgehead atoms. The molecule has 3 fully saturated rings. The number of hydrogen-bond donors (Lipinski definition) is 0. The predicted molar refractivity (Wildman–Crippen MR) is 93.8 cm³/mol. The Balaban J connectivity index is 1.49. The highest BCUT2D eigenvalue weighted by Crippen LogP contribution is 2.39. The lowest BCUT2D eigenvalue weighted by molar-refractivity contribution is -0.179. The number of unbranched alkanes of at least 4 members (excludes halogenated alkanes) is 2. The van der Waals surface area contributed by atoms with Crippen molar-refractivity contribution >= 4 is 0 Å². The first-order chi connectivity index (χ1) is 11.8. The standard InChI is InChI=1S/C20H34O4/c1-2-3-4-9-17(23-19-10-5-8-15-21-19)11-12-18-16-22-20(24-18)13-6-7-14-20/h11-12,17-19H,2-10,13-16H2,1H3. The van der Waals surface area contributed by atoms with Gasteiger partial charge < -0.3 is 18.9 Å². The highest BCUT2D eigenvalue weighted by Gasteiger charge is 2.42. The lowest BCUT2D eigenvalue weighted by Crippen LogP contribution is -2.27. The molecule has 24 heavy (non-hydrogen) atoms. The Morgan fingerprint density at radius 2 is 2.04 bits per heavy atom. The van der Waals surface area contributed by atoms with E-state index >= 15 is 0 Å². The van der Waals surface area contributed by atoms with E-state index in [9.17, 15) is 0 Å². The molecule has 3 aliphatic rings. The van der Waals surface area contributed by atoms with Crippen molar-refractivity contribution in [2.24, 2.45) is 0 Å². The van der Waals surface area contributed by atoms with Crippen LogP contribution in [0.2, 0.25) is 0 Å². The molecule has 0 amide bonds. The second-order valence-corrected chi connectivity index (χ2v) is 7.44. The lowest BCUT2D eigenvalue weighted by Gasteiger charge is -2.26. The first-order valence-electron chi connectivity index (χ1n) is 10.1. The van der Waals surface area contributed by atoms with Crippen molar-refractivity contribution in [2.75, 3.05) is 13.2 Å². The summed E-state index contributed by atoms with van der Waals surface area (Å²) < 4.78 is 24.1. The zero-order valence-corrected chi connectivity index (χ0v) is 15.2. The van der Waals surface area contributed by atoms with Gasteiger partial charge in [0, 0.05) is 19.4 Å². The van der Waals surface area contributed by atoms with Crippen LogP contribution in [0.5, 0.6) is 0 Å². The molecule has 0 aromatic heterocycles. The maximum atomic E-state index is 6.21. The molecule has 0 aromatic rings. The molecule has 1 spiro atoms. The molecule has 0 aromatic carbocycles. The second-order valence-electron chi connectivity index (χ2n) is 7.44. The Labute approximate surface area is 146 Å². The number of hydrogen-bond acceptors (Lipinski definition) is 4. The Kier molecular flexibility index (Phi) is 7.14. The van der Waals surface area contributed by atoms with Gasteiger partial charge >= 0.3 is 0 Å². The van der Waals surface area contributed by atoms with Crippen molar-refractivity contribution in [2.45, 2.75) is 102 Å². The topological polar surface area (TPSA) is 36.9 Å². The van der Waals surface area contributed by atoms with Gasteiger partial charge in [-0.15, -0.1) is 0 Å². The molecule has 1 saturated carbocycles. The van der Waals surface area contributed by atoms with Crippen molar-refractivity contribution in [3.8, 4) is 0 Å². The van der Waals surface area contributed by atoms with E-state index in [2.05, 4.69) is 19.1 Å². The van der Waals surface area contributed by atoms with Crippen molar-refractivity contribution in [3.63, 3.8) is 0 Å². The summed E-state index contributed by atoms with van der Waals surface area (Å²) in [6.07, 6.45) is 17.2. The van der Waals surface area contributed by atoms with Crippen molar-refractivity contribution in [3.05, 3.63) is 12.2 Å². The van der Waals surface area contributed by atoms with Crippen LogP contribution < -0.4 is 0 Å². The maximum absolute atomic E-state index is 6.21. The molecular weight excluding hydrogens is 304 g/mol. The molecule has 138 valence electrons. The van der Waals surface area contributed by atoms with Crippen LogP contribution in [0.15, 0.2) is 12.2 Å². The summed E-state index contributed by atoms with van der Waals surface area (Å²) in [5.74, 6) is -0.278. The fourth-order valence-corrected chi connectivity index (χ4v) is 3.92. The first-order valence-corrected chi connectivity index (χ1v) is 10.1. The number of rotatable bonds is 8. The van der Waals surface area contributed by atoms with E-state index in [1.54, 1.807) is 0 Å². The molecule has 2 saturated heterocycles. The maximum Gasteiger partial charge on any atom is 0.169 e. The van der Waals surface area contributed by atoms with Crippen LogP contribution in [0.3, 0.4) is 0 Å². The summed E-state index contributed by atoms with van der Waals surface area (Å²) in [7, 11) is 0. The smallest absolute Gasteiger partial charge is 0.169 e. The van der Waals surface area contributed by atoms with Crippen LogP contribution in [-0.2, 0) is 18.9 Å². The summed E-state index contributed by atoms with van der Waals surface area (Å²) in [6, 6.07) is 0. The Bertz CT molecular complexity index is 383. The predicted octanol–water partition coefficient (Wildman–Crippen LogP) is 4.72. The van der Waals surface area contributed by atoms with Crippen molar-refractivity contribution in [1.29, 1.82) is 0 Å². The van der Waals surface area contributed by atoms with E-state index in [1.165, 1.54) is 38.5 Å². The van der Waals surface area contributed by atoms with Crippen LogP contribution in [0, 0.1) is 0 Å². The zero-order valence-electron chi connectivity index (χ0n) is 15.2. The fraction of sp³-hybridized carbons (Fsp3) is 0.900. The zero-order chi connectivity index (χ0) is 16.7. The Hall–Kier alpha value is -0.420. The van der Waals surface area contributed by atoms with Crippen molar-refractivity contribution < 1.29 is 18.9 Å².